The lowest BCUT2D eigenvalue weighted by molar-refractivity contribution is 0.102. The van der Waals surface area contributed by atoms with E-state index >= 15 is 0 Å². The Hall–Kier alpha value is -1.20. The second-order valence-corrected chi connectivity index (χ2v) is 6.06. The Morgan fingerprint density at radius 1 is 1.16 bits per heavy atom. The van der Waals surface area contributed by atoms with Crippen molar-refractivity contribution in [3.8, 4) is 0 Å². The van der Waals surface area contributed by atoms with Crippen molar-refractivity contribution in [3.05, 3.63) is 56.1 Å². The van der Waals surface area contributed by atoms with E-state index in [0.717, 1.165) is 20.1 Å². The van der Waals surface area contributed by atoms with Gasteiger partial charge in [0.2, 0.25) is 0 Å². The van der Waals surface area contributed by atoms with Gasteiger partial charge in [-0.05, 0) is 65.2 Å². The van der Waals surface area contributed by atoms with Crippen molar-refractivity contribution in [2.45, 2.75) is 13.8 Å². The van der Waals surface area contributed by atoms with Gasteiger partial charge in [0.15, 0.2) is 0 Å². The van der Waals surface area contributed by atoms with Crippen LogP contribution >= 0.6 is 31.9 Å². The summed E-state index contributed by atoms with van der Waals surface area (Å²) in [6, 6.07) is 7.41. The Balaban J connectivity index is 2.22. The number of anilines is 1. The predicted octanol–water partition coefficient (Wildman–Crippen LogP) is 4.48. The number of carbonyl (C=O) groups excluding carboxylic acids is 1. The SMILES string of the molecule is Cc1cc(Br)cc(C(=O)Nc2cc(C)c(Br)cn2)c1. The van der Waals surface area contributed by atoms with Crippen molar-refractivity contribution >= 4 is 43.6 Å². The van der Waals surface area contributed by atoms with E-state index < -0.39 is 0 Å². The lowest BCUT2D eigenvalue weighted by atomic mass is 10.1. The van der Waals surface area contributed by atoms with E-state index in [4.69, 9.17) is 0 Å². The molecule has 0 bridgehead atoms. The fourth-order valence-electron chi connectivity index (χ4n) is 1.66. The lowest BCUT2D eigenvalue weighted by Gasteiger charge is -2.07. The Kier molecular flexibility index (Phi) is 4.37. The summed E-state index contributed by atoms with van der Waals surface area (Å²) in [5.74, 6) is 0.377. The molecule has 0 atom stereocenters. The molecular formula is C14H12Br2N2O. The molecule has 5 heteroatoms. The number of carbonyl (C=O) groups is 1. The van der Waals surface area contributed by atoms with Gasteiger partial charge >= 0.3 is 0 Å². The molecule has 1 N–H and O–H groups in total. The molecule has 0 fully saturated rings. The molecule has 3 nitrogen and oxygen atoms in total. The zero-order valence-corrected chi connectivity index (χ0v) is 13.7. The Labute approximate surface area is 128 Å². The molecular weight excluding hydrogens is 372 g/mol. The van der Waals surface area contributed by atoms with E-state index in [2.05, 4.69) is 42.2 Å². The molecule has 0 aliphatic heterocycles. The van der Waals surface area contributed by atoms with Gasteiger partial charge in [-0.1, -0.05) is 15.9 Å². The fourth-order valence-corrected chi connectivity index (χ4v) is 2.49. The Morgan fingerprint density at radius 2 is 1.89 bits per heavy atom. The van der Waals surface area contributed by atoms with Gasteiger partial charge in [-0.15, -0.1) is 0 Å². The number of nitrogens with zero attached hydrogens (tertiary/aromatic N) is 1. The number of amides is 1. The van der Waals surface area contributed by atoms with Crippen LogP contribution in [-0.2, 0) is 0 Å². The summed E-state index contributed by atoms with van der Waals surface area (Å²) in [5.41, 5.74) is 2.66. The molecule has 0 unspecified atom stereocenters. The molecule has 1 heterocycles. The first kappa shape index (κ1) is 14.2. The Morgan fingerprint density at radius 3 is 2.53 bits per heavy atom. The quantitative estimate of drug-likeness (QED) is 0.830. The van der Waals surface area contributed by atoms with Crippen LogP contribution in [0.2, 0.25) is 0 Å². The first-order valence-corrected chi connectivity index (χ1v) is 7.25. The summed E-state index contributed by atoms with van der Waals surface area (Å²) in [6.07, 6.45) is 1.68. The van der Waals surface area contributed by atoms with Crippen LogP contribution in [-0.4, -0.2) is 10.9 Å². The van der Waals surface area contributed by atoms with Gasteiger partial charge in [0.1, 0.15) is 5.82 Å². The molecule has 0 saturated carbocycles. The van der Waals surface area contributed by atoms with Crippen LogP contribution < -0.4 is 5.32 Å². The first-order valence-electron chi connectivity index (χ1n) is 5.66. The van der Waals surface area contributed by atoms with Gasteiger partial charge < -0.3 is 5.32 Å². The lowest BCUT2D eigenvalue weighted by Crippen LogP contribution is -2.13. The number of benzene rings is 1. The zero-order chi connectivity index (χ0) is 14.0. The van der Waals surface area contributed by atoms with Gasteiger partial charge in [0.05, 0.1) is 0 Å². The maximum atomic E-state index is 12.1. The average Bonchev–Trinajstić information content (AvgIpc) is 2.32. The third-order valence-electron chi connectivity index (χ3n) is 2.59. The topological polar surface area (TPSA) is 42.0 Å². The molecule has 0 spiro atoms. The fraction of sp³-hybridized carbons (Fsp3) is 0.143. The van der Waals surface area contributed by atoms with Crippen LogP contribution in [0.15, 0.2) is 39.4 Å². The molecule has 0 radical (unpaired) electrons. The molecule has 1 amide bonds. The number of aromatic nitrogens is 1. The van der Waals surface area contributed by atoms with E-state index in [1.165, 1.54) is 0 Å². The number of nitrogens with one attached hydrogen (secondary N) is 1. The van der Waals surface area contributed by atoms with E-state index in [0.29, 0.717) is 11.4 Å². The van der Waals surface area contributed by atoms with Crippen LogP contribution in [0.25, 0.3) is 0 Å². The third-order valence-corrected chi connectivity index (χ3v) is 3.88. The van der Waals surface area contributed by atoms with Crippen molar-refractivity contribution in [2.75, 3.05) is 5.32 Å². The monoisotopic (exact) mass is 382 g/mol. The van der Waals surface area contributed by atoms with E-state index in [1.54, 1.807) is 12.3 Å². The zero-order valence-electron chi connectivity index (χ0n) is 10.5. The van der Waals surface area contributed by atoms with Crippen LogP contribution in [0.5, 0.6) is 0 Å². The van der Waals surface area contributed by atoms with Gasteiger partial charge in [0.25, 0.3) is 5.91 Å². The summed E-state index contributed by atoms with van der Waals surface area (Å²) >= 11 is 6.76. The molecule has 0 aliphatic carbocycles. The van der Waals surface area contributed by atoms with Crippen molar-refractivity contribution in [1.82, 2.24) is 4.98 Å². The largest absolute Gasteiger partial charge is 0.307 e. The molecule has 1 aromatic carbocycles. The average molecular weight is 384 g/mol. The molecule has 0 saturated heterocycles. The minimum Gasteiger partial charge on any atom is -0.307 e. The highest BCUT2D eigenvalue weighted by molar-refractivity contribution is 9.10. The van der Waals surface area contributed by atoms with E-state index in [1.807, 2.05) is 32.0 Å². The molecule has 19 heavy (non-hydrogen) atoms. The summed E-state index contributed by atoms with van der Waals surface area (Å²) in [6.45, 7) is 3.90. The Bertz CT molecular complexity index is 621. The molecule has 2 aromatic rings. The summed E-state index contributed by atoms with van der Waals surface area (Å²) in [7, 11) is 0. The smallest absolute Gasteiger partial charge is 0.256 e. The third kappa shape index (κ3) is 3.64. The molecule has 1 aromatic heterocycles. The maximum absolute atomic E-state index is 12.1. The molecule has 98 valence electrons. The van der Waals surface area contributed by atoms with Crippen molar-refractivity contribution in [3.63, 3.8) is 0 Å². The number of hydrogen-bond donors (Lipinski definition) is 1. The van der Waals surface area contributed by atoms with E-state index in [-0.39, 0.29) is 5.91 Å². The molecule has 0 aliphatic rings. The second kappa shape index (κ2) is 5.84. The number of halogens is 2. The van der Waals surface area contributed by atoms with Crippen molar-refractivity contribution in [1.29, 1.82) is 0 Å². The maximum Gasteiger partial charge on any atom is 0.256 e. The van der Waals surface area contributed by atoms with Crippen LogP contribution in [0.1, 0.15) is 21.5 Å². The highest BCUT2D eigenvalue weighted by atomic mass is 79.9. The minimum absolute atomic E-state index is 0.168. The van der Waals surface area contributed by atoms with Gasteiger partial charge in [-0.2, -0.15) is 0 Å². The van der Waals surface area contributed by atoms with Crippen LogP contribution in [0, 0.1) is 13.8 Å². The summed E-state index contributed by atoms with van der Waals surface area (Å²) in [4.78, 5) is 16.3. The highest BCUT2D eigenvalue weighted by Gasteiger charge is 2.09. The predicted molar refractivity (Wildman–Crippen MR) is 83.5 cm³/mol. The van der Waals surface area contributed by atoms with Gasteiger partial charge in [-0.25, -0.2) is 4.98 Å². The van der Waals surface area contributed by atoms with E-state index in [9.17, 15) is 4.79 Å². The summed E-state index contributed by atoms with van der Waals surface area (Å²) in [5, 5.41) is 2.79. The normalized spacial score (nSPS) is 10.3. The first-order chi connectivity index (χ1) is 8.95. The number of pyridine rings is 1. The van der Waals surface area contributed by atoms with Crippen molar-refractivity contribution < 1.29 is 4.79 Å². The van der Waals surface area contributed by atoms with Gasteiger partial charge in [0, 0.05) is 20.7 Å². The van der Waals surface area contributed by atoms with Crippen LogP contribution in [0.3, 0.4) is 0 Å². The van der Waals surface area contributed by atoms with Crippen LogP contribution in [0.4, 0.5) is 5.82 Å². The number of rotatable bonds is 2. The van der Waals surface area contributed by atoms with Crippen molar-refractivity contribution in [2.24, 2.45) is 0 Å². The number of aryl methyl sites for hydroxylation is 2. The highest BCUT2D eigenvalue weighted by Crippen LogP contribution is 2.19. The van der Waals surface area contributed by atoms with Gasteiger partial charge in [-0.3, -0.25) is 4.79 Å². The summed E-state index contributed by atoms with van der Waals surface area (Å²) < 4.78 is 1.81. The second-order valence-electron chi connectivity index (χ2n) is 4.29. The standard InChI is InChI=1S/C14H12Br2N2O/c1-8-3-10(6-11(15)4-8)14(19)18-13-5-9(2)12(16)7-17-13/h3-7H,1-2H3,(H,17,18,19). The number of hydrogen-bond acceptors (Lipinski definition) is 2. The molecule has 2 rings (SSSR count). The minimum atomic E-state index is -0.168.